The van der Waals surface area contributed by atoms with E-state index in [0.29, 0.717) is 0 Å². The van der Waals surface area contributed by atoms with Gasteiger partial charge in [-0.15, -0.1) is 0 Å². The minimum Gasteiger partial charge on any atom is -0.480 e. The lowest BCUT2D eigenvalue weighted by Crippen LogP contribution is -2.47. The second-order valence-corrected chi connectivity index (χ2v) is 3.90. The fourth-order valence-corrected chi connectivity index (χ4v) is 1.52. The zero-order valence-corrected chi connectivity index (χ0v) is 8.66. The van der Waals surface area contributed by atoms with Gasteiger partial charge in [0, 0.05) is 19.4 Å². The molecule has 3 N–H and O–H groups in total. The topological polar surface area (TPSA) is 83.6 Å². The lowest BCUT2D eigenvalue weighted by molar-refractivity contribution is -0.148. The number of amides is 1. The van der Waals surface area contributed by atoms with E-state index in [1.807, 2.05) is 0 Å². The van der Waals surface area contributed by atoms with E-state index in [2.05, 4.69) is 0 Å². The fraction of sp³-hybridized carbons (Fsp3) is 0.778. The van der Waals surface area contributed by atoms with Gasteiger partial charge in [-0.25, -0.2) is 8.78 Å². The zero-order chi connectivity index (χ0) is 12.3. The number of rotatable bonds is 4. The van der Waals surface area contributed by atoms with Crippen molar-refractivity contribution in [3.8, 4) is 0 Å². The number of likely N-dealkylation sites (tertiary alicyclic amines) is 1. The van der Waals surface area contributed by atoms with Gasteiger partial charge in [0.15, 0.2) is 0 Å². The molecule has 0 bridgehead atoms. The minimum absolute atomic E-state index is 0.0167. The molecule has 7 heteroatoms. The van der Waals surface area contributed by atoms with Crippen molar-refractivity contribution < 1.29 is 23.5 Å². The lowest BCUT2D eigenvalue weighted by atomic mass is 10.1. The number of nitrogens with two attached hydrogens (primary N) is 1. The van der Waals surface area contributed by atoms with Crippen molar-refractivity contribution >= 4 is 11.9 Å². The van der Waals surface area contributed by atoms with Crippen LogP contribution in [-0.2, 0) is 9.59 Å². The molecule has 0 aromatic carbocycles. The third-order valence-corrected chi connectivity index (χ3v) is 2.51. The maximum atomic E-state index is 13.0. The predicted molar refractivity (Wildman–Crippen MR) is 51.0 cm³/mol. The quantitative estimate of drug-likeness (QED) is 0.722. The number of carboxylic acids is 1. The molecule has 1 heterocycles. The van der Waals surface area contributed by atoms with Gasteiger partial charge in [0.25, 0.3) is 5.92 Å². The van der Waals surface area contributed by atoms with Crippen LogP contribution in [0.4, 0.5) is 8.78 Å². The number of carboxylic acid groups (broad SMARTS) is 1. The van der Waals surface area contributed by atoms with Gasteiger partial charge in [0.05, 0.1) is 6.54 Å². The Morgan fingerprint density at radius 2 is 2.25 bits per heavy atom. The van der Waals surface area contributed by atoms with Crippen LogP contribution >= 0.6 is 0 Å². The summed E-state index contributed by atoms with van der Waals surface area (Å²) in [4.78, 5) is 22.7. The Kier molecular flexibility index (Phi) is 3.79. The molecule has 0 saturated carbocycles. The first kappa shape index (κ1) is 12.8. The number of carbonyl (C=O) groups is 2. The molecule has 5 nitrogen and oxygen atoms in total. The van der Waals surface area contributed by atoms with Crippen LogP contribution in [0.1, 0.15) is 19.3 Å². The van der Waals surface area contributed by atoms with Crippen molar-refractivity contribution in [2.45, 2.75) is 31.2 Å². The lowest BCUT2D eigenvalue weighted by Gasteiger charge is -2.32. The molecule has 1 saturated heterocycles. The molecule has 1 amide bonds. The minimum atomic E-state index is -2.87. The summed E-state index contributed by atoms with van der Waals surface area (Å²) in [6.45, 7) is -0.680. The van der Waals surface area contributed by atoms with Crippen molar-refractivity contribution in [3.05, 3.63) is 0 Å². The van der Waals surface area contributed by atoms with Gasteiger partial charge >= 0.3 is 5.97 Å². The number of piperidine rings is 1. The van der Waals surface area contributed by atoms with E-state index in [0.717, 1.165) is 4.90 Å². The van der Waals surface area contributed by atoms with Gasteiger partial charge < -0.3 is 15.7 Å². The van der Waals surface area contributed by atoms with Crippen molar-refractivity contribution in [2.75, 3.05) is 13.1 Å². The van der Waals surface area contributed by atoms with E-state index >= 15 is 0 Å². The average molecular weight is 236 g/mol. The Morgan fingerprint density at radius 3 is 2.81 bits per heavy atom. The molecule has 92 valence electrons. The first-order valence-electron chi connectivity index (χ1n) is 4.96. The van der Waals surface area contributed by atoms with Crippen LogP contribution in [0.3, 0.4) is 0 Å². The molecule has 0 aromatic rings. The number of carbonyl (C=O) groups excluding carboxylic acids is 1. The van der Waals surface area contributed by atoms with E-state index in [4.69, 9.17) is 10.8 Å². The van der Waals surface area contributed by atoms with Crippen LogP contribution in [-0.4, -0.2) is 46.9 Å². The number of hydrogen-bond donors (Lipinski definition) is 2. The van der Waals surface area contributed by atoms with Crippen molar-refractivity contribution in [3.63, 3.8) is 0 Å². The summed E-state index contributed by atoms with van der Waals surface area (Å²) in [5.41, 5.74) is 5.22. The summed E-state index contributed by atoms with van der Waals surface area (Å²) in [6, 6.07) is -1.12. The van der Waals surface area contributed by atoms with Gasteiger partial charge in [0.2, 0.25) is 5.91 Å². The van der Waals surface area contributed by atoms with Gasteiger partial charge in [-0.3, -0.25) is 9.59 Å². The van der Waals surface area contributed by atoms with Crippen LogP contribution in [0, 0.1) is 0 Å². The van der Waals surface area contributed by atoms with Crippen molar-refractivity contribution in [1.29, 1.82) is 0 Å². The van der Waals surface area contributed by atoms with Gasteiger partial charge in [0.1, 0.15) is 6.04 Å². The number of hydrogen-bond acceptors (Lipinski definition) is 3. The molecule has 1 rings (SSSR count). The van der Waals surface area contributed by atoms with Crippen LogP contribution in [0.25, 0.3) is 0 Å². The molecular weight excluding hydrogens is 222 g/mol. The SMILES string of the molecule is NC(CCN1CC(F)(F)CCC1=O)C(=O)O. The highest BCUT2D eigenvalue weighted by Gasteiger charge is 2.38. The maximum Gasteiger partial charge on any atom is 0.320 e. The summed E-state index contributed by atoms with van der Waals surface area (Å²) in [7, 11) is 0. The standard InChI is InChI=1S/C9H14F2N2O3/c10-9(11)3-1-7(14)13(5-9)4-2-6(12)8(15)16/h6H,1-5,12H2,(H,15,16). The number of halogens is 2. The molecular formula is C9H14F2N2O3. The van der Waals surface area contributed by atoms with Crippen LogP contribution in [0.15, 0.2) is 0 Å². The normalized spacial score (nSPS) is 21.9. The number of nitrogens with zero attached hydrogens (tertiary/aromatic N) is 1. The molecule has 1 fully saturated rings. The molecule has 0 aromatic heterocycles. The summed E-state index contributed by atoms with van der Waals surface area (Å²) in [5, 5.41) is 8.50. The summed E-state index contributed by atoms with van der Waals surface area (Å²) >= 11 is 0. The highest BCUT2D eigenvalue weighted by Crippen LogP contribution is 2.27. The fourth-order valence-electron chi connectivity index (χ4n) is 1.52. The predicted octanol–water partition coefficient (Wildman–Crippen LogP) is 0.0461. The third-order valence-electron chi connectivity index (χ3n) is 2.51. The van der Waals surface area contributed by atoms with E-state index < -0.39 is 30.9 Å². The first-order chi connectivity index (χ1) is 7.32. The van der Waals surface area contributed by atoms with Crippen molar-refractivity contribution in [2.24, 2.45) is 5.73 Å². The highest BCUT2D eigenvalue weighted by molar-refractivity contribution is 5.77. The second kappa shape index (κ2) is 4.73. The Balaban J connectivity index is 2.46. The zero-order valence-electron chi connectivity index (χ0n) is 8.66. The van der Waals surface area contributed by atoms with E-state index in [1.165, 1.54) is 0 Å². The Labute approximate surface area is 91.2 Å². The Hall–Kier alpha value is -1.24. The van der Waals surface area contributed by atoms with Gasteiger partial charge in [-0.05, 0) is 6.42 Å². The van der Waals surface area contributed by atoms with Gasteiger partial charge in [-0.2, -0.15) is 0 Å². The largest absolute Gasteiger partial charge is 0.480 e. The maximum absolute atomic E-state index is 13.0. The molecule has 1 unspecified atom stereocenters. The molecule has 1 aliphatic rings. The Bertz CT molecular complexity index is 296. The van der Waals surface area contributed by atoms with Crippen LogP contribution in [0.5, 0.6) is 0 Å². The first-order valence-corrected chi connectivity index (χ1v) is 4.96. The average Bonchev–Trinajstić information content (AvgIpc) is 2.18. The molecule has 0 radical (unpaired) electrons. The van der Waals surface area contributed by atoms with Crippen LogP contribution < -0.4 is 5.73 Å². The van der Waals surface area contributed by atoms with Crippen LogP contribution in [0.2, 0.25) is 0 Å². The monoisotopic (exact) mass is 236 g/mol. The Morgan fingerprint density at radius 1 is 1.62 bits per heavy atom. The molecule has 1 atom stereocenters. The molecule has 0 spiro atoms. The molecule has 16 heavy (non-hydrogen) atoms. The van der Waals surface area contributed by atoms with E-state index in [-0.39, 0.29) is 25.3 Å². The van der Waals surface area contributed by atoms with Crippen molar-refractivity contribution in [1.82, 2.24) is 4.90 Å². The van der Waals surface area contributed by atoms with E-state index in [9.17, 15) is 18.4 Å². The van der Waals surface area contributed by atoms with Gasteiger partial charge in [-0.1, -0.05) is 0 Å². The summed E-state index contributed by atoms with van der Waals surface area (Å²) in [5.74, 6) is -4.44. The summed E-state index contributed by atoms with van der Waals surface area (Å²) in [6.07, 6.45) is -0.653. The van der Waals surface area contributed by atoms with E-state index in [1.54, 1.807) is 0 Å². The molecule has 1 aliphatic heterocycles. The number of aliphatic carboxylic acids is 1. The highest BCUT2D eigenvalue weighted by atomic mass is 19.3. The second-order valence-electron chi connectivity index (χ2n) is 3.90. The third kappa shape index (κ3) is 3.41. The molecule has 0 aliphatic carbocycles. The summed E-state index contributed by atoms with van der Waals surface area (Å²) < 4.78 is 25.9. The smallest absolute Gasteiger partial charge is 0.320 e. The number of alkyl halides is 2.